The monoisotopic (exact) mass is 227 g/mol. The number of carbonyl (C=O) groups is 1. The molecule has 0 saturated heterocycles. The van der Waals surface area contributed by atoms with Crippen LogP contribution in [0, 0.1) is 0 Å². The third-order valence-electron chi connectivity index (χ3n) is 2.17. The molecule has 0 bridgehead atoms. The Bertz CT molecular complexity index is 355. The molecular weight excluding hydrogens is 214 g/mol. The first-order chi connectivity index (χ1) is 7.50. The van der Waals surface area contributed by atoms with Crippen molar-refractivity contribution >= 4 is 5.97 Å². The van der Waals surface area contributed by atoms with Crippen molar-refractivity contribution < 1.29 is 25.3 Å². The van der Waals surface area contributed by atoms with Crippen molar-refractivity contribution in [2.24, 2.45) is 0 Å². The van der Waals surface area contributed by atoms with Gasteiger partial charge in [-0.05, 0) is 5.56 Å². The molecule has 0 unspecified atom stereocenters. The van der Waals surface area contributed by atoms with E-state index in [1.54, 1.807) is 30.3 Å². The fourth-order valence-corrected chi connectivity index (χ4v) is 1.15. The van der Waals surface area contributed by atoms with E-state index < -0.39 is 18.3 Å². The van der Waals surface area contributed by atoms with Crippen LogP contribution in [0.2, 0.25) is 0 Å². The molecule has 6 heteroatoms. The van der Waals surface area contributed by atoms with Gasteiger partial charge >= 0.3 is 5.97 Å². The van der Waals surface area contributed by atoms with Crippen molar-refractivity contribution in [2.75, 3.05) is 6.61 Å². The molecule has 0 heterocycles. The summed E-state index contributed by atoms with van der Waals surface area (Å²) in [7, 11) is 0. The summed E-state index contributed by atoms with van der Waals surface area (Å²) in [6.07, 6.45) is 0. The summed E-state index contributed by atoms with van der Waals surface area (Å²) in [4.78, 5) is 10.7. The van der Waals surface area contributed by atoms with E-state index in [1.165, 1.54) is 0 Å². The Kier molecular flexibility index (Phi) is 3.97. The van der Waals surface area contributed by atoms with E-state index in [-0.39, 0.29) is 11.6 Å². The number of hydrogen-bond donors (Lipinski definition) is 4. The fourth-order valence-electron chi connectivity index (χ4n) is 1.15. The molecular formula is C10H13NO5. The molecule has 1 rings (SSSR count). The summed E-state index contributed by atoms with van der Waals surface area (Å²) in [5.41, 5.74) is -2.08. The highest BCUT2D eigenvalue weighted by Crippen LogP contribution is 2.13. The number of hydrogen-bond acceptors (Lipinski definition) is 5. The Hall–Kier alpha value is -1.47. The number of carboxylic acids is 1. The van der Waals surface area contributed by atoms with Gasteiger partial charge in [-0.2, -0.15) is 0 Å². The van der Waals surface area contributed by atoms with Gasteiger partial charge in [-0.3, -0.25) is 0 Å². The third-order valence-corrected chi connectivity index (χ3v) is 2.17. The van der Waals surface area contributed by atoms with E-state index in [0.29, 0.717) is 5.56 Å². The smallest absolute Gasteiger partial charge is 0.356 e. The maximum absolute atomic E-state index is 10.7. The molecule has 0 aliphatic carbocycles. The van der Waals surface area contributed by atoms with Crippen molar-refractivity contribution in [3.63, 3.8) is 0 Å². The number of nitrogens with zero attached hydrogens (tertiary/aromatic N) is 1. The number of rotatable bonds is 5. The number of aliphatic hydroxyl groups excluding tert-OH is 1. The normalized spacial score (nSPS) is 14.8. The average molecular weight is 227 g/mol. The van der Waals surface area contributed by atoms with Gasteiger partial charge in [0, 0.05) is 0 Å². The van der Waals surface area contributed by atoms with Gasteiger partial charge in [-0.25, -0.2) is 4.79 Å². The quantitative estimate of drug-likeness (QED) is 0.405. The van der Waals surface area contributed by atoms with Gasteiger partial charge in [0.2, 0.25) is 0 Å². The summed E-state index contributed by atoms with van der Waals surface area (Å²) in [6.45, 7) is -1.31. The highest BCUT2D eigenvalue weighted by molar-refractivity contribution is 5.76. The minimum atomic E-state index is -2.68. The molecule has 0 aliphatic rings. The molecule has 1 atom stereocenters. The van der Waals surface area contributed by atoms with Crippen LogP contribution in [0.4, 0.5) is 0 Å². The SMILES string of the molecule is O=C(O)[C@](O)(CO)N(O)Cc1ccccc1. The second-order valence-corrected chi connectivity index (χ2v) is 3.32. The van der Waals surface area contributed by atoms with Gasteiger partial charge in [0.05, 0.1) is 13.2 Å². The van der Waals surface area contributed by atoms with Crippen molar-refractivity contribution in [1.29, 1.82) is 0 Å². The van der Waals surface area contributed by atoms with Gasteiger partial charge in [-0.1, -0.05) is 30.3 Å². The maximum atomic E-state index is 10.7. The van der Waals surface area contributed by atoms with Crippen LogP contribution in [0.3, 0.4) is 0 Å². The molecule has 6 nitrogen and oxygen atoms in total. The van der Waals surface area contributed by atoms with Crippen LogP contribution in [0.5, 0.6) is 0 Å². The van der Waals surface area contributed by atoms with Crippen LogP contribution in [-0.4, -0.2) is 43.9 Å². The standard InChI is InChI=1S/C10H13NO5/c12-7-10(15,9(13)14)11(16)6-8-4-2-1-3-5-8/h1-5,12,15-16H,6-7H2,(H,13,14)/t10-/m1/s1. The Morgan fingerprint density at radius 2 is 1.88 bits per heavy atom. The zero-order valence-corrected chi connectivity index (χ0v) is 8.45. The second-order valence-electron chi connectivity index (χ2n) is 3.32. The Labute approximate surface area is 91.9 Å². The zero-order chi connectivity index (χ0) is 12.2. The fraction of sp³-hybridized carbons (Fsp3) is 0.300. The third kappa shape index (κ3) is 2.56. The predicted octanol–water partition coefficient (Wildman–Crippen LogP) is -0.357. The lowest BCUT2D eigenvalue weighted by molar-refractivity contribution is -0.277. The molecule has 0 spiro atoms. The molecule has 0 saturated carbocycles. The summed E-state index contributed by atoms with van der Waals surface area (Å²) >= 11 is 0. The van der Waals surface area contributed by atoms with Crippen molar-refractivity contribution in [3.05, 3.63) is 35.9 Å². The lowest BCUT2D eigenvalue weighted by Crippen LogP contribution is -2.55. The van der Waals surface area contributed by atoms with E-state index in [4.69, 9.17) is 10.2 Å². The summed E-state index contributed by atoms with van der Waals surface area (Å²) in [6, 6.07) is 8.50. The van der Waals surface area contributed by atoms with Crippen LogP contribution in [0.1, 0.15) is 5.56 Å². The van der Waals surface area contributed by atoms with Crippen LogP contribution in [0.25, 0.3) is 0 Å². The first-order valence-electron chi connectivity index (χ1n) is 4.58. The molecule has 0 aliphatic heterocycles. The predicted molar refractivity (Wildman–Crippen MR) is 53.4 cm³/mol. The van der Waals surface area contributed by atoms with Gasteiger partial charge in [0.1, 0.15) is 0 Å². The molecule has 4 N–H and O–H groups in total. The van der Waals surface area contributed by atoms with Crippen LogP contribution < -0.4 is 0 Å². The van der Waals surface area contributed by atoms with Crippen LogP contribution in [0.15, 0.2) is 30.3 Å². The van der Waals surface area contributed by atoms with Crippen molar-refractivity contribution in [3.8, 4) is 0 Å². The number of carboxylic acid groups (broad SMARTS) is 1. The van der Waals surface area contributed by atoms with E-state index in [0.717, 1.165) is 0 Å². The number of benzene rings is 1. The summed E-state index contributed by atoms with van der Waals surface area (Å²) < 4.78 is 0. The lowest BCUT2D eigenvalue weighted by Gasteiger charge is -2.29. The number of aliphatic carboxylic acids is 1. The highest BCUT2D eigenvalue weighted by atomic mass is 16.6. The zero-order valence-electron chi connectivity index (χ0n) is 8.45. The van der Waals surface area contributed by atoms with Crippen molar-refractivity contribution in [2.45, 2.75) is 12.3 Å². The topological polar surface area (TPSA) is 101 Å². The summed E-state index contributed by atoms with van der Waals surface area (Å²) in [5.74, 6) is -1.71. The second kappa shape index (κ2) is 5.04. The van der Waals surface area contributed by atoms with Gasteiger partial charge in [-0.15, -0.1) is 5.06 Å². The Balaban J connectivity index is 2.78. The molecule has 0 aromatic heterocycles. The van der Waals surface area contributed by atoms with E-state index in [2.05, 4.69) is 0 Å². The largest absolute Gasteiger partial charge is 0.478 e. The van der Waals surface area contributed by atoms with Gasteiger partial charge in [0.15, 0.2) is 0 Å². The minimum Gasteiger partial charge on any atom is -0.478 e. The van der Waals surface area contributed by atoms with Gasteiger partial charge in [0.25, 0.3) is 5.72 Å². The van der Waals surface area contributed by atoms with E-state index >= 15 is 0 Å². The molecule has 0 fully saturated rings. The maximum Gasteiger partial charge on any atom is 0.356 e. The first-order valence-corrected chi connectivity index (χ1v) is 4.58. The molecule has 16 heavy (non-hydrogen) atoms. The lowest BCUT2D eigenvalue weighted by atomic mass is 10.2. The van der Waals surface area contributed by atoms with E-state index in [9.17, 15) is 15.1 Å². The van der Waals surface area contributed by atoms with Crippen LogP contribution >= 0.6 is 0 Å². The van der Waals surface area contributed by atoms with Crippen LogP contribution in [-0.2, 0) is 11.3 Å². The molecule has 88 valence electrons. The summed E-state index contributed by atoms with van der Waals surface area (Å²) in [5, 5.41) is 36.5. The minimum absolute atomic E-state index is 0.185. The molecule has 0 radical (unpaired) electrons. The van der Waals surface area contributed by atoms with E-state index in [1.807, 2.05) is 0 Å². The molecule has 0 amide bonds. The Morgan fingerprint density at radius 1 is 1.31 bits per heavy atom. The first kappa shape index (κ1) is 12.6. The molecule has 1 aromatic carbocycles. The van der Waals surface area contributed by atoms with Crippen molar-refractivity contribution in [1.82, 2.24) is 5.06 Å². The highest BCUT2D eigenvalue weighted by Gasteiger charge is 2.41. The Morgan fingerprint density at radius 3 is 2.31 bits per heavy atom. The van der Waals surface area contributed by atoms with Gasteiger partial charge < -0.3 is 20.5 Å². The average Bonchev–Trinajstić information content (AvgIpc) is 2.28. The number of hydroxylamine groups is 2. The molecule has 1 aromatic rings. The number of aliphatic hydroxyl groups is 2.